The molecule has 1 aliphatic heterocycles. The van der Waals surface area contributed by atoms with E-state index in [4.69, 9.17) is 14.6 Å². The van der Waals surface area contributed by atoms with Gasteiger partial charge in [-0.05, 0) is 13.8 Å². The molecule has 0 spiro atoms. The second-order valence-electron chi connectivity index (χ2n) is 3.51. The van der Waals surface area contributed by atoms with Crippen molar-refractivity contribution in [3.63, 3.8) is 0 Å². The summed E-state index contributed by atoms with van der Waals surface area (Å²) in [4.78, 5) is 0. The molecule has 1 saturated heterocycles. The van der Waals surface area contributed by atoms with Gasteiger partial charge in [-0.15, -0.1) is 0 Å². The van der Waals surface area contributed by atoms with Crippen LogP contribution in [0.25, 0.3) is 0 Å². The molecule has 3 heteroatoms. The summed E-state index contributed by atoms with van der Waals surface area (Å²) in [6.07, 6.45) is 0.235. The van der Waals surface area contributed by atoms with Crippen molar-refractivity contribution in [3.8, 4) is 0 Å². The first-order valence-electron chi connectivity index (χ1n) is 3.99. The number of aliphatic hydroxyl groups excluding tert-OH is 1. The van der Waals surface area contributed by atoms with Crippen molar-refractivity contribution in [3.05, 3.63) is 0 Å². The summed E-state index contributed by atoms with van der Waals surface area (Å²) in [5, 5.41) is 8.99. The van der Waals surface area contributed by atoms with Gasteiger partial charge in [0.1, 0.15) is 0 Å². The summed E-state index contributed by atoms with van der Waals surface area (Å²) in [5.74, 6) is 0. The van der Waals surface area contributed by atoms with Crippen LogP contribution in [0.15, 0.2) is 0 Å². The molecule has 1 rings (SSSR count). The molecule has 0 aromatic rings. The minimum atomic E-state index is -0.0930. The van der Waals surface area contributed by atoms with Gasteiger partial charge in [0.25, 0.3) is 0 Å². The van der Waals surface area contributed by atoms with Gasteiger partial charge in [-0.3, -0.25) is 0 Å². The molecule has 0 atom stereocenters. The Morgan fingerprint density at radius 3 is 2.45 bits per heavy atom. The van der Waals surface area contributed by atoms with Crippen LogP contribution >= 0.6 is 0 Å². The van der Waals surface area contributed by atoms with Crippen LogP contribution in [-0.2, 0) is 9.47 Å². The molecule has 1 fully saturated rings. The van der Waals surface area contributed by atoms with E-state index in [-0.39, 0.29) is 18.1 Å². The minimum absolute atomic E-state index is 0.0930. The lowest BCUT2D eigenvalue weighted by molar-refractivity contribution is -0.174. The predicted octanol–water partition coefficient (Wildman–Crippen LogP) is 0.420. The van der Waals surface area contributed by atoms with E-state index in [0.29, 0.717) is 19.8 Å². The molecule has 0 aromatic heterocycles. The highest BCUT2D eigenvalue weighted by atomic mass is 16.5. The molecule has 1 aliphatic rings. The van der Waals surface area contributed by atoms with Crippen LogP contribution in [0, 0.1) is 5.41 Å². The van der Waals surface area contributed by atoms with Gasteiger partial charge in [-0.2, -0.15) is 0 Å². The van der Waals surface area contributed by atoms with Gasteiger partial charge >= 0.3 is 0 Å². The summed E-state index contributed by atoms with van der Waals surface area (Å²) in [7, 11) is 0. The zero-order valence-electron chi connectivity index (χ0n) is 7.17. The van der Waals surface area contributed by atoms with E-state index in [0.717, 1.165) is 0 Å². The van der Waals surface area contributed by atoms with Crippen LogP contribution in [0.4, 0.5) is 0 Å². The summed E-state index contributed by atoms with van der Waals surface area (Å²) in [5.41, 5.74) is -0.0930. The fraction of sp³-hybridized carbons (Fsp3) is 1.00. The van der Waals surface area contributed by atoms with Crippen LogP contribution < -0.4 is 0 Å². The zero-order valence-corrected chi connectivity index (χ0v) is 7.17. The van der Waals surface area contributed by atoms with Crippen molar-refractivity contribution in [1.29, 1.82) is 0 Å². The third-order valence-electron chi connectivity index (χ3n) is 1.87. The first-order chi connectivity index (χ1) is 5.18. The molecule has 0 bridgehead atoms. The Hall–Kier alpha value is -0.120. The maximum atomic E-state index is 8.99. The lowest BCUT2D eigenvalue weighted by atomic mass is 9.88. The van der Waals surface area contributed by atoms with Gasteiger partial charge in [-0.25, -0.2) is 0 Å². The Kier molecular flexibility index (Phi) is 2.87. The summed E-state index contributed by atoms with van der Waals surface area (Å²) in [6.45, 7) is 6.03. The standard InChI is InChI=1S/C8H16O3/c1-7(2)11-6-8(3-9)4-10-5-8/h7,9H,3-6H2,1-2H3. The van der Waals surface area contributed by atoms with Gasteiger partial charge in [0.05, 0.1) is 37.9 Å². The molecule has 0 aromatic carbocycles. The highest BCUT2D eigenvalue weighted by molar-refractivity contribution is 4.84. The van der Waals surface area contributed by atoms with Gasteiger partial charge in [0.2, 0.25) is 0 Å². The molecule has 1 N–H and O–H groups in total. The molecular weight excluding hydrogens is 144 g/mol. The third-order valence-corrected chi connectivity index (χ3v) is 1.87. The fourth-order valence-electron chi connectivity index (χ4n) is 0.954. The van der Waals surface area contributed by atoms with Crippen molar-refractivity contribution >= 4 is 0 Å². The van der Waals surface area contributed by atoms with E-state index in [1.807, 2.05) is 13.8 Å². The lowest BCUT2D eigenvalue weighted by Crippen LogP contribution is -2.49. The second-order valence-corrected chi connectivity index (χ2v) is 3.51. The Morgan fingerprint density at radius 2 is 2.18 bits per heavy atom. The van der Waals surface area contributed by atoms with Crippen LogP contribution in [-0.4, -0.2) is 37.6 Å². The first kappa shape index (κ1) is 8.97. The summed E-state index contributed by atoms with van der Waals surface area (Å²) in [6, 6.07) is 0. The monoisotopic (exact) mass is 160 g/mol. The number of hydrogen-bond acceptors (Lipinski definition) is 3. The largest absolute Gasteiger partial charge is 0.396 e. The number of rotatable bonds is 4. The topological polar surface area (TPSA) is 38.7 Å². The minimum Gasteiger partial charge on any atom is -0.396 e. The van der Waals surface area contributed by atoms with Gasteiger partial charge in [-0.1, -0.05) is 0 Å². The Morgan fingerprint density at radius 1 is 1.55 bits per heavy atom. The average molecular weight is 160 g/mol. The van der Waals surface area contributed by atoms with E-state index >= 15 is 0 Å². The smallest absolute Gasteiger partial charge is 0.0635 e. The van der Waals surface area contributed by atoms with Crippen LogP contribution in [0.3, 0.4) is 0 Å². The molecule has 3 nitrogen and oxygen atoms in total. The van der Waals surface area contributed by atoms with E-state index in [9.17, 15) is 0 Å². The van der Waals surface area contributed by atoms with Crippen LogP contribution in [0.2, 0.25) is 0 Å². The SMILES string of the molecule is CC(C)OCC1(CO)COC1. The third kappa shape index (κ3) is 2.15. The number of aliphatic hydroxyl groups is 1. The molecule has 0 saturated carbocycles. The average Bonchev–Trinajstić information content (AvgIpc) is 1.86. The summed E-state index contributed by atoms with van der Waals surface area (Å²) < 4.78 is 10.4. The van der Waals surface area contributed by atoms with Crippen molar-refractivity contribution in [2.24, 2.45) is 5.41 Å². The number of ether oxygens (including phenoxy) is 2. The second kappa shape index (κ2) is 3.52. The van der Waals surface area contributed by atoms with Crippen LogP contribution in [0.1, 0.15) is 13.8 Å². The predicted molar refractivity (Wildman–Crippen MR) is 41.4 cm³/mol. The van der Waals surface area contributed by atoms with E-state index in [2.05, 4.69) is 0 Å². The van der Waals surface area contributed by atoms with Crippen molar-refractivity contribution < 1.29 is 14.6 Å². The Bertz CT molecular complexity index is 113. The quantitative estimate of drug-likeness (QED) is 0.647. The molecule has 0 unspecified atom stereocenters. The Balaban J connectivity index is 2.22. The van der Waals surface area contributed by atoms with Crippen molar-refractivity contribution in [1.82, 2.24) is 0 Å². The zero-order chi connectivity index (χ0) is 8.32. The molecule has 1 heterocycles. The van der Waals surface area contributed by atoms with Crippen molar-refractivity contribution in [2.75, 3.05) is 26.4 Å². The Labute approximate surface area is 67.3 Å². The molecule has 0 radical (unpaired) electrons. The van der Waals surface area contributed by atoms with Gasteiger partial charge < -0.3 is 14.6 Å². The van der Waals surface area contributed by atoms with Crippen molar-refractivity contribution in [2.45, 2.75) is 20.0 Å². The summed E-state index contributed by atoms with van der Waals surface area (Å²) >= 11 is 0. The van der Waals surface area contributed by atoms with E-state index < -0.39 is 0 Å². The van der Waals surface area contributed by atoms with Gasteiger partial charge in [0.15, 0.2) is 0 Å². The van der Waals surface area contributed by atoms with Crippen LogP contribution in [0.5, 0.6) is 0 Å². The lowest BCUT2D eigenvalue weighted by Gasteiger charge is -2.39. The molecule has 66 valence electrons. The van der Waals surface area contributed by atoms with E-state index in [1.165, 1.54) is 0 Å². The molecule has 0 amide bonds. The number of hydrogen-bond donors (Lipinski definition) is 1. The fourth-order valence-corrected chi connectivity index (χ4v) is 0.954. The van der Waals surface area contributed by atoms with E-state index in [1.54, 1.807) is 0 Å². The molecule has 0 aliphatic carbocycles. The van der Waals surface area contributed by atoms with Gasteiger partial charge in [0, 0.05) is 0 Å². The first-order valence-corrected chi connectivity index (χ1v) is 3.99. The maximum Gasteiger partial charge on any atom is 0.0635 e. The highest BCUT2D eigenvalue weighted by Crippen LogP contribution is 2.27. The molecular formula is C8H16O3. The molecule has 11 heavy (non-hydrogen) atoms. The maximum absolute atomic E-state index is 8.99. The highest BCUT2D eigenvalue weighted by Gasteiger charge is 2.38. The normalized spacial score (nSPS) is 21.8.